The largest absolute Gasteiger partial charge is 0.367 e. The first-order valence-electron chi connectivity index (χ1n) is 17.0. The highest BCUT2D eigenvalue weighted by atomic mass is 19.1. The van der Waals surface area contributed by atoms with Gasteiger partial charge in [0.25, 0.3) is 0 Å². The molecule has 6 heteroatoms. The maximum atomic E-state index is 14.1. The average molecular weight is 617 g/mol. The van der Waals surface area contributed by atoms with Crippen molar-refractivity contribution >= 4 is 17.8 Å². The molecule has 0 radical (unpaired) electrons. The van der Waals surface area contributed by atoms with Gasteiger partial charge < -0.3 is 9.69 Å². The quantitative estimate of drug-likeness (QED) is 0.0768. The molecular formula is C39H50F2N2O2. The summed E-state index contributed by atoms with van der Waals surface area (Å²) in [7, 11) is 0. The lowest BCUT2D eigenvalue weighted by Gasteiger charge is -2.36. The lowest BCUT2D eigenvalue weighted by atomic mass is 9.87. The minimum absolute atomic E-state index is 0.0976. The Morgan fingerprint density at radius 3 is 2.20 bits per heavy atom. The highest BCUT2D eigenvalue weighted by Crippen LogP contribution is 2.25. The minimum Gasteiger partial charge on any atom is -0.367 e. The minimum atomic E-state index is -0.531. The summed E-state index contributed by atoms with van der Waals surface area (Å²) in [6.07, 6.45) is 13.9. The average Bonchev–Trinajstić information content (AvgIpc) is 3.04. The van der Waals surface area contributed by atoms with Gasteiger partial charge in [0.05, 0.1) is 5.69 Å². The summed E-state index contributed by atoms with van der Waals surface area (Å²) in [5.74, 6) is -0.367. The van der Waals surface area contributed by atoms with Crippen molar-refractivity contribution in [3.05, 3.63) is 101 Å². The number of aldehydes is 1. The van der Waals surface area contributed by atoms with Crippen molar-refractivity contribution in [2.24, 2.45) is 5.92 Å². The Labute approximate surface area is 268 Å². The predicted octanol–water partition coefficient (Wildman–Crippen LogP) is 8.64. The smallest absolute Gasteiger partial charge is 0.159 e. The van der Waals surface area contributed by atoms with Crippen LogP contribution in [0.5, 0.6) is 0 Å². The van der Waals surface area contributed by atoms with Crippen LogP contribution in [0.3, 0.4) is 0 Å². The van der Waals surface area contributed by atoms with Crippen molar-refractivity contribution in [2.75, 3.05) is 37.6 Å². The van der Waals surface area contributed by atoms with Gasteiger partial charge in [-0.1, -0.05) is 74.2 Å². The molecule has 0 bridgehead atoms. The Balaban J connectivity index is 1.17. The zero-order chi connectivity index (χ0) is 31.9. The van der Waals surface area contributed by atoms with E-state index in [1.807, 2.05) is 17.0 Å². The van der Waals surface area contributed by atoms with Crippen molar-refractivity contribution in [1.29, 1.82) is 0 Å². The highest BCUT2D eigenvalue weighted by molar-refractivity contribution is 5.94. The molecule has 1 unspecified atom stereocenters. The summed E-state index contributed by atoms with van der Waals surface area (Å²) in [4.78, 5) is 27.0. The number of unbranched alkanes of at least 4 members (excludes halogenated alkanes) is 5. The SMILES string of the molecule is CC(=O)c1ccc(CC(CCCCC=O)CCc2ccccc2CCCCCCN2CCN(c3ccc(F)cc3F)CC2)cc1. The van der Waals surface area contributed by atoms with E-state index in [4.69, 9.17) is 0 Å². The Morgan fingerprint density at radius 2 is 1.51 bits per heavy atom. The molecule has 3 aromatic carbocycles. The highest BCUT2D eigenvalue weighted by Gasteiger charge is 2.19. The maximum Gasteiger partial charge on any atom is 0.159 e. The number of Topliss-reactive ketones (excluding diaryl/α,β-unsaturated/α-hetero) is 1. The van der Waals surface area contributed by atoms with Crippen LogP contribution in [-0.4, -0.2) is 49.7 Å². The lowest BCUT2D eigenvalue weighted by molar-refractivity contribution is -0.107. The monoisotopic (exact) mass is 616 g/mol. The summed E-state index contributed by atoms with van der Waals surface area (Å²) >= 11 is 0. The third-order valence-corrected chi connectivity index (χ3v) is 9.30. The van der Waals surface area contributed by atoms with Gasteiger partial charge in [-0.3, -0.25) is 9.69 Å². The van der Waals surface area contributed by atoms with Crippen LogP contribution in [0.1, 0.15) is 91.8 Å². The molecule has 45 heavy (non-hydrogen) atoms. The fraction of sp³-hybridized carbons (Fsp3) is 0.487. The number of piperazine rings is 1. The number of carbonyl (C=O) groups is 2. The van der Waals surface area contributed by atoms with E-state index < -0.39 is 11.6 Å². The molecule has 4 rings (SSSR count). The van der Waals surface area contributed by atoms with Gasteiger partial charge in [0.1, 0.15) is 17.9 Å². The third-order valence-electron chi connectivity index (χ3n) is 9.30. The Bertz CT molecular complexity index is 1340. The van der Waals surface area contributed by atoms with Crippen LogP contribution in [0.4, 0.5) is 14.5 Å². The summed E-state index contributed by atoms with van der Waals surface area (Å²) in [6, 6.07) is 20.8. The van der Waals surface area contributed by atoms with E-state index in [-0.39, 0.29) is 5.78 Å². The number of hydrogen-bond acceptors (Lipinski definition) is 4. The zero-order valence-electron chi connectivity index (χ0n) is 27.0. The van der Waals surface area contributed by atoms with E-state index in [9.17, 15) is 18.4 Å². The molecule has 1 atom stereocenters. The molecule has 0 aliphatic carbocycles. The predicted molar refractivity (Wildman–Crippen MR) is 180 cm³/mol. The molecule has 0 spiro atoms. The second-order valence-corrected chi connectivity index (χ2v) is 12.7. The van der Waals surface area contributed by atoms with Crippen LogP contribution < -0.4 is 4.90 Å². The van der Waals surface area contributed by atoms with E-state index in [2.05, 4.69) is 41.3 Å². The van der Waals surface area contributed by atoms with Gasteiger partial charge in [-0.2, -0.15) is 0 Å². The number of rotatable bonds is 19. The molecule has 0 aromatic heterocycles. The number of hydrogen-bond donors (Lipinski definition) is 0. The van der Waals surface area contributed by atoms with Gasteiger partial charge >= 0.3 is 0 Å². The number of carbonyl (C=O) groups excluding carboxylic acids is 2. The molecule has 1 aliphatic heterocycles. The molecule has 242 valence electrons. The van der Waals surface area contributed by atoms with E-state index in [0.717, 1.165) is 95.6 Å². The number of aryl methyl sites for hydroxylation is 2. The van der Waals surface area contributed by atoms with Crippen LogP contribution >= 0.6 is 0 Å². The first kappa shape index (κ1) is 34.5. The summed E-state index contributed by atoms with van der Waals surface area (Å²) in [5, 5.41) is 0. The van der Waals surface area contributed by atoms with Crippen LogP contribution in [-0.2, 0) is 24.1 Å². The summed E-state index contributed by atoms with van der Waals surface area (Å²) in [5.41, 5.74) is 5.46. The normalized spacial score (nSPS) is 14.4. The lowest BCUT2D eigenvalue weighted by Crippen LogP contribution is -2.46. The molecule has 3 aromatic rings. The van der Waals surface area contributed by atoms with Gasteiger partial charge in [0.2, 0.25) is 0 Å². The van der Waals surface area contributed by atoms with Gasteiger partial charge in [0.15, 0.2) is 5.78 Å². The van der Waals surface area contributed by atoms with Crippen LogP contribution in [0.2, 0.25) is 0 Å². The standard InChI is InChI=1S/C39H50F2N2O2/c1-31(45)34-18-15-33(16-19-34)29-32(11-5-4-10-28-44)17-20-36-14-8-7-13-35(36)12-6-2-3-9-23-42-24-26-43(27-25-42)39-22-21-37(40)30-38(39)41/h7-8,13-16,18-19,21-22,28,30,32H,2-6,9-12,17,20,23-27,29H2,1H3. The second-order valence-electron chi connectivity index (χ2n) is 12.7. The zero-order valence-corrected chi connectivity index (χ0v) is 27.0. The Morgan fingerprint density at radius 1 is 0.800 bits per heavy atom. The van der Waals surface area contributed by atoms with Crippen LogP contribution in [0.15, 0.2) is 66.7 Å². The number of benzene rings is 3. The van der Waals surface area contributed by atoms with E-state index in [1.54, 1.807) is 13.0 Å². The first-order valence-corrected chi connectivity index (χ1v) is 17.0. The molecule has 1 saturated heterocycles. The number of halogens is 2. The number of anilines is 1. The summed E-state index contributed by atoms with van der Waals surface area (Å²) in [6.45, 7) is 6.03. The summed E-state index contributed by atoms with van der Waals surface area (Å²) < 4.78 is 27.4. The van der Waals surface area contributed by atoms with Crippen molar-refractivity contribution in [3.63, 3.8) is 0 Å². The van der Waals surface area contributed by atoms with E-state index in [1.165, 1.54) is 48.4 Å². The van der Waals surface area contributed by atoms with Gasteiger partial charge in [0, 0.05) is 44.2 Å². The number of nitrogens with zero attached hydrogens (tertiary/aromatic N) is 2. The molecule has 1 heterocycles. The maximum absolute atomic E-state index is 14.1. The molecule has 1 aliphatic rings. The van der Waals surface area contributed by atoms with Crippen molar-refractivity contribution in [2.45, 2.75) is 84.0 Å². The Hall–Kier alpha value is -3.38. The van der Waals surface area contributed by atoms with Gasteiger partial charge in [-0.05, 0) is 93.2 Å². The van der Waals surface area contributed by atoms with Crippen molar-refractivity contribution < 1.29 is 18.4 Å². The van der Waals surface area contributed by atoms with Crippen LogP contribution in [0, 0.1) is 17.6 Å². The third kappa shape index (κ3) is 11.5. The van der Waals surface area contributed by atoms with E-state index in [0.29, 0.717) is 18.0 Å². The molecular weight excluding hydrogens is 566 g/mol. The Kier molecular flexibility index (Phi) is 14.2. The fourth-order valence-electron chi connectivity index (χ4n) is 6.58. The van der Waals surface area contributed by atoms with Gasteiger partial charge in [-0.15, -0.1) is 0 Å². The topological polar surface area (TPSA) is 40.6 Å². The fourth-order valence-corrected chi connectivity index (χ4v) is 6.58. The van der Waals surface area contributed by atoms with Crippen molar-refractivity contribution in [3.8, 4) is 0 Å². The molecule has 0 N–H and O–H groups in total. The van der Waals surface area contributed by atoms with Crippen LogP contribution in [0.25, 0.3) is 0 Å². The van der Waals surface area contributed by atoms with Gasteiger partial charge in [-0.25, -0.2) is 8.78 Å². The first-order chi connectivity index (χ1) is 21.9. The molecule has 1 fully saturated rings. The van der Waals surface area contributed by atoms with E-state index >= 15 is 0 Å². The number of ketones is 1. The molecule has 0 amide bonds. The molecule has 0 saturated carbocycles. The second kappa shape index (κ2) is 18.6. The molecule has 4 nitrogen and oxygen atoms in total. The van der Waals surface area contributed by atoms with Crippen molar-refractivity contribution in [1.82, 2.24) is 4.90 Å².